The molecule has 1 unspecified atom stereocenters. The summed E-state index contributed by atoms with van der Waals surface area (Å²) in [5.41, 5.74) is -0.410. The van der Waals surface area contributed by atoms with Gasteiger partial charge in [-0.15, -0.1) is 0 Å². The molecule has 0 aromatic heterocycles. The van der Waals surface area contributed by atoms with Crippen LogP contribution in [0.5, 0.6) is 5.75 Å². The quantitative estimate of drug-likeness (QED) is 0.615. The third kappa shape index (κ3) is 5.57. The molecule has 0 aliphatic carbocycles. The number of likely N-dealkylation sites (tertiary alicyclic amines) is 1. The summed E-state index contributed by atoms with van der Waals surface area (Å²) in [5.74, 6) is -0.179. The summed E-state index contributed by atoms with van der Waals surface area (Å²) >= 11 is 6.07. The molecule has 0 bridgehead atoms. The van der Waals surface area contributed by atoms with E-state index in [1.807, 2.05) is 13.8 Å². The van der Waals surface area contributed by atoms with E-state index in [2.05, 4.69) is 5.32 Å². The highest BCUT2D eigenvalue weighted by molar-refractivity contribution is 6.31. The summed E-state index contributed by atoms with van der Waals surface area (Å²) < 4.78 is 10.6. The number of methoxy groups -OCH3 is 1. The summed E-state index contributed by atoms with van der Waals surface area (Å²) in [6, 6.07) is 4.32. The maximum Gasteiger partial charge on any atom is 0.257 e. The van der Waals surface area contributed by atoms with Crippen LogP contribution in [-0.2, 0) is 14.3 Å². The van der Waals surface area contributed by atoms with E-state index < -0.39 is 11.6 Å². The molecule has 0 spiro atoms. The molecule has 2 aliphatic rings. The van der Waals surface area contributed by atoms with Crippen molar-refractivity contribution in [1.82, 2.24) is 10.2 Å². The second-order valence-corrected chi connectivity index (χ2v) is 9.45. The third-order valence-corrected chi connectivity index (χ3v) is 6.15. The van der Waals surface area contributed by atoms with Gasteiger partial charge in [0.15, 0.2) is 5.78 Å². The predicted molar refractivity (Wildman–Crippen MR) is 117 cm³/mol. The number of hydrogen-bond donors (Lipinski definition) is 1. The molecule has 3 rings (SSSR count). The molecule has 31 heavy (non-hydrogen) atoms. The zero-order chi connectivity index (χ0) is 22.8. The van der Waals surface area contributed by atoms with Crippen molar-refractivity contribution in [2.24, 2.45) is 11.8 Å². The number of benzene rings is 1. The number of hydrogen-bond acceptors (Lipinski definition) is 5. The fourth-order valence-corrected chi connectivity index (χ4v) is 4.18. The number of ketones is 1. The van der Waals surface area contributed by atoms with Crippen LogP contribution in [0.2, 0.25) is 5.02 Å². The van der Waals surface area contributed by atoms with Gasteiger partial charge in [0, 0.05) is 18.1 Å². The van der Waals surface area contributed by atoms with E-state index in [4.69, 9.17) is 21.1 Å². The van der Waals surface area contributed by atoms with Crippen molar-refractivity contribution in [3.05, 3.63) is 28.8 Å². The SMILES string of the molecule is COc1ccc(Cl)cc1C(=O)N1CCCC(C(=O)N[C@@H](CC(C)C)C(=O)[C@@]2(C)CO2)C1. The Morgan fingerprint density at radius 2 is 2.06 bits per heavy atom. The Balaban J connectivity index is 1.69. The van der Waals surface area contributed by atoms with E-state index in [0.717, 1.165) is 0 Å². The van der Waals surface area contributed by atoms with Crippen LogP contribution in [0.1, 0.15) is 50.4 Å². The first kappa shape index (κ1) is 23.5. The molecular weight excluding hydrogens is 420 g/mol. The van der Waals surface area contributed by atoms with Gasteiger partial charge in [-0.05, 0) is 50.3 Å². The van der Waals surface area contributed by atoms with E-state index in [9.17, 15) is 14.4 Å². The van der Waals surface area contributed by atoms with Gasteiger partial charge in [0.25, 0.3) is 5.91 Å². The molecule has 1 aromatic rings. The third-order valence-electron chi connectivity index (χ3n) is 5.91. The maximum absolute atomic E-state index is 13.1. The molecule has 0 saturated carbocycles. The van der Waals surface area contributed by atoms with Crippen LogP contribution in [0, 0.1) is 11.8 Å². The minimum absolute atomic E-state index is 0.0815. The summed E-state index contributed by atoms with van der Waals surface area (Å²) in [5, 5.41) is 3.39. The number of carbonyl (C=O) groups excluding carboxylic acids is 3. The lowest BCUT2D eigenvalue weighted by molar-refractivity contribution is -0.133. The molecule has 7 nitrogen and oxygen atoms in total. The van der Waals surface area contributed by atoms with Crippen molar-refractivity contribution in [3.8, 4) is 5.75 Å². The molecule has 2 aliphatic heterocycles. The van der Waals surface area contributed by atoms with Crippen LogP contribution in [0.15, 0.2) is 18.2 Å². The predicted octanol–water partition coefficient (Wildman–Crippen LogP) is 3.09. The maximum atomic E-state index is 13.1. The second-order valence-electron chi connectivity index (χ2n) is 9.01. The number of nitrogens with zero attached hydrogens (tertiary/aromatic N) is 1. The van der Waals surface area contributed by atoms with E-state index >= 15 is 0 Å². The Kier molecular flexibility index (Phi) is 7.27. The number of nitrogens with one attached hydrogen (secondary N) is 1. The Hall–Kier alpha value is -2.12. The Morgan fingerprint density at radius 3 is 2.68 bits per heavy atom. The lowest BCUT2D eigenvalue weighted by Gasteiger charge is -2.33. The fraction of sp³-hybridized carbons (Fsp3) is 0.609. The van der Waals surface area contributed by atoms with Crippen molar-refractivity contribution in [2.75, 3.05) is 26.8 Å². The summed E-state index contributed by atoms with van der Waals surface area (Å²) in [6.07, 6.45) is 1.92. The number of ether oxygens (including phenoxy) is 2. The number of amides is 2. The molecule has 2 heterocycles. The Labute approximate surface area is 188 Å². The molecule has 8 heteroatoms. The number of carbonyl (C=O) groups is 3. The van der Waals surface area contributed by atoms with Crippen LogP contribution in [-0.4, -0.2) is 60.9 Å². The van der Waals surface area contributed by atoms with Crippen molar-refractivity contribution in [2.45, 2.75) is 51.7 Å². The van der Waals surface area contributed by atoms with Crippen molar-refractivity contribution in [1.29, 1.82) is 0 Å². The van der Waals surface area contributed by atoms with Gasteiger partial charge in [-0.3, -0.25) is 14.4 Å². The zero-order valence-corrected chi connectivity index (χ0v) is 19.3. The van der Waals surface area contributed by atoms with Crippen molar-refractivity contribution in [3.63, 3.8) is 0 Å². The summed E-state index contributed by atoms with van der Waals surface area (Å²) in [4.78, 5) is 40.6. The van der Waals surface area contributed by atoms with Crippen molar-refractivity contribution < 1.29 is 23.9 Å². The summed E-state index contributed by atoms with van der Waals surface area (Å²) in [7, 11) is 1.50. The highest BCUT2D eigenvalue weighted by atomic mass is 35.5. The molecule has 3 atom stereocenters. The van der Waals surface area contributed by atoms with Crippen molar-refractivity contribution >= 4 is 29.2 Å². The highest BCUT2D eigenvalue weighted by Gasteiger charge is 2.50. The lowest BCUT2D eigenvalue weighted by atomic mass is 9.91. The Morgan fingerprint density at radius 1 is 1.35 bits per heavy atom. The molecule has 1 N–H and O–H groups in total. The van der Waals surface area contributed by atoms with Crippen LogP contribution in [0.3, 0.4) is 0 Å². The van der Waals surface area contributed by atoms with Crippen LogP contribution < -0.4 is 10.1 Å². The topological polar surface area (TPSA) is 88.2 Å². The first-order valence-electron chi connectivity index (χ1n) is 10.8. The van der Waals surface area contributed by atoms with Crippen LogP contribution >= 0.6 is 11.6 Å². The van der Waals surface area contributed by atoms with E-state index in [1.165, 1.54) is 7.11 Å². The van der Waals surface area contributed by atoms with E-state index in [1.54, 1.807) is 30.0 Å². The summed E-state index contributed by atoms with van der Waals surface area (Å²) in [6.45, 7) is 7.02. The average Bonchev–Trinajstić information content (AvgIpc) is 3.50. The Bertz CT molecular complexity index is 852. The number of Topliss-reactive ketones (excluding diaryl/α,β-unsaturated/α-hetero) is 1. The van der Waals surface area contributed by atoms with Gasteiger partial charge in [-0.1, -0.05) is 25.4 Å². The average molecular weight is 451 g/mol. The molecule has 170 valence electrons. The number of rotatable bonds is 8. The normalized spacial score (nSPS) is 23.9. The number of epoxide rings is 1. The van der Waals surface area contributed by atoms with Gasteiger partial charge in [-0.25, -0.2) is 0 Å². The number of halogens is 1. The smallest absolute Gasteiger partial charge is 0.257 e. The first-order chi connectivity index (χ1) is 14.6. The lowest BCUT2D eigenvalue weighted by Crippen LogP contribution is -2.51. The van der Waals surface area contributed by atoms with Crippen LogP contribution in [0.4, 0.5) is 0 Å². The molecule has 1 aromatic carbocycles. The largest absolute Gasteiger partial charge is 0.496 e. The van der Waals surface area contributed by atoms with E-state index in [0.29, 0.717) is 48.7 Å². The van der Waals surface area contributed by atoms with Gasteiger partial charge in [0.2, 0.25) is 5.91 Å². The minimum atomic E-state index is -0.787. The second kappa shape index (κ2) is 9.57. The van der Waals surface area contributed by atoms with E-state index in [-0.39, 0.29) is 36.0 Å². The van der Waals surface area contributed by atoms with Gasteiger partial charge in [0.1, 0.15) is 11.4 Å². The van der Waals surface area contributed by atoms with Gasteiger partial charge in [0.05, 0.1) is 31.2 Å². The minimum Gasteiger partial charge on any atom is -0.496 e. The first-order valence-corrected chi connectivity index (χ1v) is 11.1. The fourth-order valence-electron chi connectivity index (χ4n) is 4.00. The molecule has 0 radical (unpaired) electrons. The molecule has 2 amide bonds. The van der Waals surface area contributed by atoms with Gasteiger partial charge < -0.3 is 19.7 Å². The monoisotopic (exact) mass is 450 g/mol. The van der Waals surface area contributed by atoms with Gasteiger partial charge >= 0.3 is 0 Å². The standard InChI is InChI=1S/C23H31ClN2O5/c1-14(2)10-18(20(27)23(3)13-31-23)25-21(28)15-6-5-9-26(12-15)22(29)17-11-16(24)7-8-19(17)30-4/h7-8,11,14-15,18H,5-6,9-10,12-13H2,1-4H3,(H,25,28)/t15?,18-,23+/m0/s1. The molecule has 2 saturated heterocycles. The highest BCUT2D eigenvalue weighted by Crippen LogP contribution is 2.30. The zero-order valence-electron chi connectivity index (χ0n) is 18.6. The molecule has 2 fully saturated rings. The van der Waals surface area contributed by atoms with Gasteiger partial charge in [-0.2, -0.15) is 0 Å². The number of piperidine rings is 1. The van der Waals surface area contributed by atoms with Crippen LogP contribution in [0.25, 0.3) is 0 Å². The molecular formula is C23H31ClN2O5.